The monoisotopic (exact) mass is 418 g/mol. The highest BCUT2D eigenvalue weighted by Gasteiger charge is 2.23. The van der Waals surface area contributed by atoms with Gasteiger partial charge in [0, 0.05) is 29.2 Å². The first kappa shape index (κ1) is 22.0. The first-order valence-electron chi connectivity index (χ1n) is 10.1. The van der Waals surface area contributed by atoms with E-state index in [1.165, 1.54) is 13.8 Å². The minimum atomic E-state index is -0.995. The Balaban J connectivity index is 1.68. The molecule has 0 aliphatic carbocycles. The third kappa shape index (κ3) is 5.28. The number of carbonyl (C=O) groups excluding carboxylic acids is 3. The third-order valence-corrected chi connectivity index (χ3v) is 5.17. The number of aryl methyl sites for hydroxylation is 1. The second kappa shape index (κ2) is 9.43. The van der Waals surface area contributed by atoms with E-state index in [1.807, 2.05) is 48.7 Å². The third-order valence-electron chi connectivity index (χ3n) is 5.17. The molecule has 0 saturated heterocycles. The van der Waals surface area contributed by atoms with E-state index in [4.69, 9.17) is 4.74 Å². The van der Waals surface area contributed by atoms with Gasteiger partial charge in [-0.2, -0.15) is 0 Å². The fourth-order valence-corrected chi connectivity index (χ4v) is 3.35. The Morgan fingerprint density at radius 1 is 1.00 bits per heavy atom. The molecule has 3 aromatic rings. The Morgan fingerprint density at radius 2 is 1.71 bits per heavy atom. The molecule has 160 valence electrons. The zero-order valence-electron chi connectivity index (χ0n) is 18.1. The lowest BCUT2D eigenvalue weighted by Crippen LogP contribution is -2.30. The number of ether oxygens (including phenoxy) is 1. The lowest BCUT2D eigenvalue weighted by atomic mass is 10.1. The molecule has 1 atom stereocenters. The Labute approximate surface area is 181 Å². The molecule has 0 fully saturated rings. The van der Waals surface area contributed by atoms with Gasteiger partial charge in [0.25, 0.3) is 5.91 Å². The quantitative estimate of drug-likeness (QED) is 0.451. The average Bonchev–Trinajstić information content (AvgIpc) is 3.03. The molecule has 0 bridgehead atoms. The normalized spacial score (nSPS) is 11.6. The number of hydrogen-bond donors (Lipinski definition) is 1. The Hall–Kier alpha value is -3.67. The van der Waals surface area contributed by atoms with E-state index in [1.54, 1.807) is 30.3 Å². The summed E-state index contributed by atoms with van der Waals surface area (Å²) < 4.78 is 7.46. The molecule has 0 saturated carbocycles. The number of nitrogens with zero attached hydrogens (tertiary/aromatic N) is 1. The molecule has 3 rings (SSSR count). The molecular weight excluding hydrogens is 392 g/mol. The number of benzene rings is 2. The van der Waals surface area contributed by atoms with Gasteiger partial charge in [-0.15, -0.1) is 0 Å². The van der Waals surface area contributed by atoms with Gasteiger partial charge in [-0.3, -0.25) is 9.59 Å². The van der Waals surface area contributed by atoms with Crippen LogP contribution in [0, 0.1) is 13.8 Å². The summed E-state index contributed by atoms with van der Waals surface area (Å²) in [5, 5.41) is 2.68. The SMILES string of the molecule is CC(=O)c1cccc(NC(=O)[C@H](C)OC(=O)c2cc(C)n(Cc3ccccc3)c2C)c1. The van der Waals surface area contributed by atoms with Gasteiger partial charge in [0.05, 0.1) is 5.56 Å². The van der Waals surface area contributed by atoms with Gasteiger partial charge in [0.15, 0.2) is 11.9 Å². The van der Waals surface area contributed by atoms with Crippen LogP contribution in [0.3, 0.4) is 0 Å². The summed E-state index contributed by atoms with van der Waals surface area (Å²) in [5.41, 5.74) is 4.26. The fraction of sp³-hybridized carbons (Fsp3) is 0.240. The number of nitrogens with one attached hydrogen (secondary N) is 1. The summed E-state index contributed by atoms with van der Waals surface area (Å²) >= 11 is 0. The zero-order valence-corrected chi connectivity index (χ0v) is 18.1. The van der Waals surface area contributed by atoms with Crippen molar-refractivity contribution in [3.63, 3.8) is 0 Å². The van der Waals surface area contributed by atoms with Crippen molar-refractivity contribution < 1.29 is 19.1 Å². The van der Waals surface area contributed by atoms with Gasteiger partial charge in [-0.1, -0.05) is 42.5 Å². The lowest BCUT2D eigenvalue weighted by molar-refractivity contribution is -0.123. The standard InChI is InChI=1S/C25H26N2O4/c1-16-13-23(17(2)27(16)15-20-9-6-5-7-10-20)25(30)31-19(4)24(29)26-22-12-8-11-21(14-22)18(3)28/h5-14,19H,15H2,1-4H3,(H,26,29)/t19-/m0/s1. The number of ketones is 1. The van der Waals surface area contributed by atoms with Crippen molar-refractivity contribution in [2.45, 2.75) is 40.3 Å². The summed E-state index contributed by atoms with van der Waals surface area (Å²) in [4.78, 5) is 36.7. The molecule has 2 aromatic carbocycles. The predicted octanol–water partition coefficient (Wildman–Crippen LogP) is 4.54. The van der Waals surface area contributed by atoms with Crippen molar-refractivity contribution in [2.75, 3.05) is 5.32 Å². The van der Waals surface area contributed by atoms with Crippen LogP contribution in [0.5, 0.6) is 0 Å². The molecule has 6 nitrogen and oxygen atoms in total. The van der Waals surface area contributed by atoms with Crippen LogP contribution in [0.25, 0.3) is 0 Å². The number of anilines is 1. The summed E-state index contributed by atoms with van der Waals surface area (Å²) in [6.07, 6.45) is -0.995. The fourth-order valence-electron chi connectivity index (χ4n) is 3.35. The smallest absolute Gasteiger partial charge is 0.340 e. The molecule has 0 unspecified atom stereocenters. The second-order valence-corrected chi connectivity index (χ2v) is 7.53. The Kier molecular flexibility index (Phi) is 6.70. The van der Waals surface area contributed by atoms with Crippen molar-refractivity contribution in [1.29, 1.82) is 0 Å². The Morgan fingerprint density at radius 3 is 2.39 bits per heavy atom. The minimum Gasteiger partial charge on any atom is -0.449 e. The molecule has 1 N–H and O–H groups in total. The highest BCUT2D eigenvalue weighted by Crippen LogP contribution is 2.19. The second-order valence-electron chi connectivity index (χ2n) is 7.53. The van der Waals surface area contributed by atoms with Crippen LogP contribution >= 0.6 is 0 Å². The van der Waals surface area contributed by atoms with Gasteiger partial charge in [-0.25, -0.2) is 4.79 Å². The predicted molar refractivity (Wildman–Crippen MR) is 119 cm³/mol. The number of amides is 1. The van der Waals surface area contributed by atoms with Gasteiger partial charge in [0.2, 0.25) is 0 Å². The lowest BCUT2D eigenvalue weighted by Gasteiger charge is -2.14. The Bertz CT molecular complexity index is 1120. The number of rotatable bonds is 7. The maximum atomic E-state index is 12.7. The van der Waals surface area contributed by atoms with Crippen LogP contribution < -0.4 is 5.32 Å². The van der Waals surface area contributed by atoms with E-state index in [0.717, 1.165) is 17.0 Å². The van der Waals surface area contributed by atoms with Crippen LogP contribution in [0.15, 0.2) is 60.7 Å². The van der Waals surface area contributed by atoms with E-state index < -0.39 is 18.0 Å². The van der Waals surface area contributed by atoms with Gasteiger partial charge < -0.3 is 14.6 Å². The number of esters is 1. The van der Waals surface area contributed by atoms with E-state index in [-0.39, 0.29) is 5.78 Å². The zero-order chi connectivity index (χ0) is 22.5. The van der Waals surface area contributed by atoms with E-state index in [9.17, 15) is 14.4 Å². The van der Waals surface area contributed by atoms with Crippen LogP contribution in [0.4, 0.5) is 5.69 Å². The van der Waals surface area contributed by atoms with Crippen LogP contribution in [-0.2, 0) is 16.1 Å². The average molecular weight is 418 g/mol. The van der Waals surface area contributed by atoms with E-state index in [0.29, 0.717) is 23.4 Å². The van der Waals surface area contributed by atoms with Crippen molar-refractivity contribution >= 4 is 23.3 Å². The summed E-state index contributed by atoms with van der Waals surface area (Å²) in [5.74, 6) is -1.11. The molecule has 1 aromatic heterocycles. The van der Waals surface area contributed by atoms with Gasteiger partial charge >= 0.3 is 5.97 Å². The van der Waals surface area contributed by atoms with Crippen molar-refractivity contribution in [3.8, 4) is 0 Å². The number of hydrogen-bond acceptors (Lipinski definition) is 4. The van der Waals surface area contributed by atoms with Crippen LogP contribution in [-0.4, -0.2) is 28.3 Å². The first-order valence-corrected chi connectivity index (χ1v) is 10.1. The number of aromatic nitrogens is 1. The molecule has 31 heavy (non-hydrogen) atoms. The first-order chi connectivity index (χ1) is 14.8. The number of carbonyl (C=O) groups is 3. The molecule has 0 radical (unpaired) electrons. The molecular formula is C25H26N2O4. The van der Waals surface area contributed by atoms with Crippen molar-refractivity contribution in [1.82, 2.24) is 4.57 Å². The van der Waals surface area contributed by atoms with Crippen molar-refractivity contribution in [2.24, 2.45) is 0 Å². The van der Waals surface area contributed by atoms with Gasteiger partial charge in [0.1, 0.15) is 0 Å². The van der Waals surface area contributed by atoms with E-state index >= 15 is 0 Å². The summed E-state index contributed by atoms with van der Waals surface area (Å²) in [6, 6.07) is 18.4. The molecule has 0 aliphatic rings. The molecule has 1 heterocycles. The number of Topliss-reactive ketones (excluding diaryl/α,β-unsaturated/α-hetero) is 1. The largest absolute Gasteiger partial charge is 0.449 e. The minimum absolute atomic E-state index is 0.0959. The summed E-state index contributed by atoms with van der Waals surface area (Å²) in [6.45, 7) is 7.43. The van der Waals surface area contributed by atoms with E-state index in [2.05, 4.69) is 5.32 Å². The summed E-state index contributed by atoms with van der Waals surface area (Å²) in [7, 11) is 0. The molecule has 1 amide bonds. The van der Waals surface area contributed by atoms with Crippen LogP contribution in [0.2, 0.25) is 0 Å². The van der Waals surface area contributed by atoms with Crippen LogP contribution in [0.1, 0.15) is 51.5 Å². The highest BCUT2D eigenvalue weighted by molar-refractivity contribution is 5.99. The highest BCUT2D eigenvalue weighted by atomic mass is 16.5. The molecule has 6 heteroatoms. The maximum absolute atomic E-state index is 12.7. The topological polar surface area (TPSA) is 77.4 Å². The molecule has 0 spiro atoms. The van der Waals surface area contributed by atoms with Crippen molar-refractivity contribution in [3.05, 3.63) is 88.7 Å². The van der Waals surface area contributed by atoms with Gasteiger partial charge in [-0.05, 0) is 51.5 Å². The maximum Gasteiger partial charge on any atom is 0.340 e. The molecule has 0 aliphatic heterocycles.